The summed E-state index contributed by atoms with van der Waals surface area (Å²) in [5.41, 5.74) is 13.1. The minimum absolute atomic E-state index is 0.577. The molecule has 54 heavy (non-hydrogen) atoms. The molecule has 1 atom stereocenters. The molecule has 0 heteroatoms. The largest absolute Gasteiger partial charge is 0.0991 e. The van der Waals surface area contributed by atoms with Crippen LogP contribution in [0.1, 0.15) is 38.9 Å². The first kappa shape index (κ1) is 34.3. The lowest BCUT2D eigenvalue weighted by molar-refractivity contribution is 0.767. The van der Waals surface area contributed by atoms with Crippen LogP contribution in [-0.2, 0) is 11.8 Å². The van der Waals surface area contributed by atoms with Crippen LogP contribution in [0.3, 0.4) is 0 Å². The topological polar surface area (TPSA) is 0 Å². The van der Waals surface area contributed by atoms with Crippen LogP contribution in [-0.4, -0.2) is 0 Å². The van der Waals surface area contributed by atoms with Crippen LogP contribution in [0.4, 0.5) is 0 Å². The van der Waals surface area contributed by atoms with Crippen LogP contribution in [0, 0.1) is 0 Å². The van der Waals surface area contributed by atoms with E-state index in [0.717, 1.165) is 12.0 Å². The molecule has 0 radical (unpaired) electrons. The van der Waals surface area contributed by atoms with Crippen LogP contribution >= 0.6 is 0 Å². The number of fused-ring (bicyclic) bond motifs is 4. The standard InChI is InChI=1S/C54H42/c1-2-3-4-14-27-44-28-20-21-34-50(44)54(47-31-16-10-17-32-47)51-35-22-33-48(53(51)49-39-45-29-18-19-30-46(45)40-52(49)54)43-26-15-8-6-5-7-11-25-42(36-37-43)38-41-23-12-9-13-24-41/h2-37,39-40H,1,38H2/b4-3-,6-5?,7-5?,8-6?,11-7?,15-8?,25-11?,26-15?,27-14-,37-36?,42-25?,42-36?,43-26?,43-37?. The molecule has 0 nitrogen and oxygen atoms in total. The van der Waals surface area contributed by atoms with E-state index in [4.69, 9.17) is 0 Å². The van der Waals surface area contributed by atoms with E-state index in [-0.39, 0.29) is 0 Å². The van der Waals surface area contributed by atoms with Crippen molar-refractivity contribution in [2.45, 2.75) is 11.8 Å². The maximum absolute atomic E-state index is 3.87. The molecule has 0 N–H and O–H groups in total. The molecule has 0 amide bonds. The van der Waals surface area contributed by atoms with Gasteiger partial charge >= 0.3 is 0 Å². The van der Waals surface area contributed by atoms with Gasteiger partial charge in [-0.05, 0) is 90.5 Å². The van der Waals surface area contributed by atoms with Gasteiger partial charge in [0.05, 0.1) is 5.41 Å². The lowest BCUT2D eigenvalue weighted by Gasteiger charge is -2.35. The zero-order valence-electron chi connectivity index (χ0n) is 30.4. The quantitative estimate of drug-likeness (QED) is 0.139. The summed E-state index contributed by atoms with van der Waals surface area (Å²) in [6.45, 7) is 3.87. The van der Waals surface area contributed by atoms with Crippen molar-refractivity contribution in [3.05, 3.63) is 276 Å². The van der Waals surface area contributed by atoms with Crippen LogP contribution in [0.15, 0.2) is 237 Å². The van der Waals surface area contributed by atoms with Crippen molar-refractivity contribution in [1.29, 1.82) is 0 Å². The van der Waals surface area contributed by atoms with E-state index < -0.39 is 5.41 Å². The molecular weight excluding hydrogens is 649 g/mol. The predicted octanol–water partition coefficient (Wildman–Crippen LogP) is 13.7. The van der Waals surface area contributed by atoms with Gasteiger partial charge in [0.15, 0.2) is 0 Å². The van der Waals surface area contributed by atoms with Crippen LogP contribution in [0.5, 0.6) is 0 Å². The highest BCUT2D eigenvalue weighted by Crippen LogP contribution is 2.59. The zero-order valence-corrected chi connectivity index (χ0v) is 30.4. The highest BCUT2D eigenvalue weighted by atomic mass is 14.5. The van der Waals surface area contributed by atoms with Crippen LogP contribution in [0.25, 0.3) is 33.5 Å². The van der Waals surface area contributed by atoms with Crippen molar-refractivity contribution in [2.75, 3.05) is 0 Å². The molecule has 8 rings (SSSR count). The second-order valence-corrected chi connectivity index (χ2v) is 13.7. The number of benzene rings is 6. The second-order valence-electron chi connectivity index (χ2n) is 13.7. The Morgan fingerprint density at radius 1 is 0.500 bits per heavy atom. The Kier molecular flexibility index (Phi) is 10.1. The summed E-state index contributed by atoms with van der Waals surface area (Å²) >= 11 is 0. The molecule has 258 valence electrons. The van der Waals surface area contributed by atoms with Crippen LogP contribution < -0.4 is 0 Å². The van der Waals surface area contributed by atoms with Crippen molar-refractivity contribution in [1.82, 2.24) is 0 Å². The molecule has 0 fully saturated rings. The highest BCUT2D eigenvalue weighted by molar-refractivity contribution is 6.00. The fraction of sp³-hybridized carbons (Fsp3) is 0.0370. The molecule has 2 aliphatic carbocycles. The lowest BCUT2D eigenvalue weighted by atomic mass is 9.66. The monoisotopic (exact) mass is 690 g/mol. The average Bonchev–Trinajstić information content (AvgIpc) is 3.50. The van der Waals surface area contributed by atoms with Gasteiger partial charge in [-0.3, -0.25) is 0 Å². The van der Waals surface area contributed by atoms with Gasteiger partial charge < -0.3 is 0 Å². The first-order valence-electron chi connectivity index (χ1n) is 18.7. The number of hydrogen-bond donors (Lipinski definition) is 0. The summed E-state index contributed by atoms with van der Waals surface area (Å²) < 4.78 is 0. The molecule has 2 aliphatic rings. The van der Waals surface area contributed by atoms with Gasteiger partial charge in [-0.1, -0.05) is 225 Å². The summed E-state index contributed by atoms with van der Waals surface area (Å²) in [6, 6.07) is 51.2. The number of rotatable bonds is 8. The molecule has 6 aromatic carbocycles. The van der Waals surface area contributed by atoms with Crippen LogP contribution in [0.2, 0.25) is 0 Å². The molecule has 0 aromatic heterocycles. The van der Waals surface area contributed by atoms with Gasteiger partial charge in [0.2, 0.25) is 0 Å². The third kappa shape index (κ3) is 6.67. The third-order valence-electron chi connectivity index (χ3n) is 10.4. The van der Waals surface area contributed by atoms with Gasteiger partial charge in [-0.15, -0.1) is 0 Å². The third-order valence-corrected chi connectivity index (χ3v) is 10.4. The maximum Gasteiger partial charge on any atom is 0.0719 e. The first-order valence-corrected chi connectivity index (χ1v) is 18.7. The van der Waals surface area contributed by atoms with Crippen molar-refractivity contribution >= 4 is 22.4 Å². The number of allylic oxidation sites excluding steroid dienone is 16. The fourth-order valence-corrected chi connectivity index (χ4v) is 8.06. The normalized spacial score (nSPS) is 16.5. The lowest BCUT2D eigenvalue weighted by Crippen LogP contribution is -2.29. The Balaban J connectivity index is 1.44. The molecule has 1 unspecified atom stereocenters. The second kappa shape index (κ2) is 15.9. The van der Waals surface area contributed by atoms with E-state index >= 15 is 0 Å². The van der Waals surface area contributed by atoms with Gasteiger partial charge in [0.25, 0.3) is 0 Å². The fourth-order valence-electron chi connectivity index (χ4n) is 8.06. The minimum atomic E-state index is -0.577. The molecule has 0 saturated heterocycles. The maximum atomic E-state index is 3.87. The summed E-state index contributed by atoms with van der Waals surface area (Å²) in [4.78, 5) is 0. The van der Waals surface area contributed by atoms with Crippen molar-refractivity contribution in [3.63, 3.8) is 0 Å². The molecule has 0 saturated carbocycles. The summed E-state index contributed by atoms with van der Waals surface area (Å²) in [5, 5.41) is 2.47. The van der Waals surface area contributed by atoms with Gasteiger partial charge in [-0.25, -0.2) is 0 Å². The molecule has 0 spiro atoms. The Bertz CT molecular complexity index is 2560. The van der Waals surface area contributed by atoms with Crippen molar-refractivity contribution in [2.24, 2.45) is 0 Å². The summed E-state index contributed by atoms with van der Waals surface area (Å²) in [6.07, 6.45) is 32.8. The van der Waals surface area contributed by atoms with Crippen molar-refractivity contribution in [3.8, 4) is 11.1 Å². The SMILES string of the molecule is C=C/C=C\C=C/c1ccccc1C1(c2ccccc2)c2cc3ccccc3cc2-c2c(C3=CC=C(Cc4ccccc4)C=CC=CC=CC=C3)cccc21. The zero-order chi connectivity index (χ0) is 36.6. The van der Waals surface area contributed by atoms with E-state index in [1.165, 1.54) is 66.4 Å². The average molecular weight is 691 g/mol. The van der Waals surface area contributed by atoms with Gasteiger partial charge in [0, 0.05) is 0 Å². The van der Waals surface area contributed by atoms with E-state index in [1.807, 2.05) is 18.2 Å². The Morgan fingerprint density at radius 3 is 1.96 bits per heavy atom. The highest BCUT2D eigenvalue weighted by Gasteiger charge is 2.48. The Labute approximate surface area is 319 Å². The predicted molar refractivity (Wildman–Crippen MR) is 232 cm³/mol. The summed E-state index contributed by atoms with van der Waals surface area (Å²) in [5.74, 6) is 0. The van der Waals surface area contributed by atoms with E-state index in [1.54, 1.807) is 0 Å². The summed E-state index contributed by atoms with van der Waals surface area (Å²) in [7, 11) is 0. The number of hydrogen-bond acceptors (Lipinski definition) is 0. The minimum Gasteiger partial charge on any atom is -0.0991 e. The van der Waals surface area contributed by atoms with E-state index in [0.29, 0.717) is 0 Å². The van der Waals surface area contributed by atoms with E-state index in [2.05, 4.69) is 219 Å². The van der Waals surface area contributed by atoms with Gasteiger partial charge in [-0.2, -0.15) is 0 Å². The molecule has 6 aromatic rings. The molecule has 0 aliphatic heterocycles. The smallest absolute Gasteiger partial charge is 0.0719 e. The molecular formula is C54H42. The Morgan fingerprint density at radius 2 is 1.17 bits per heavy atom. The Hall–Kier alpha value is -6.76. The molecule has 0 heterocycles. The van der Waals surface area contributed by atoms with E-state index in [9.17, 15) is 0 Å². The van der Waals surface area contributed by atoms with Gasteiger partial charge in [0.1, 0.15) is 0 Å². The molecule has 0 bridgehead atoms. The van der Waals surface area contributed by atoms with Crippen molar-refractivity contribution < 1.29 is 0 Å². The first-order chi connectivity index (χ1) is 26.8.